The van der Waals surface area contributed by atoms with Crippen molar-refractivity contribution >= 4 is 5.88 Å². The van der Waals surface area contributed by atoms with E-state index in [4.69, 9.17) is 19.2 Å². The van der Waals surface area contributed by atoms with Crippen LogP contribution in [0.25, 0.3) is 0 Å². The number of methoxy groups -OCH3 is 1. The van der Waals surface area contributed by atoms with Crippen LogP contribution >= 0.6 is 0 Å². The van der Waals surface area contributed by atoms with Crippen molar-refractivity contribution in [1.82, 2.24) is 4.98 Å². The third-order valence-electron chi connectivity index (χ3n) is 2.55. The van der Waals surface area contributed by atoms with Crippen molar-refractivity contribution in [2.45, 2.75) is 6.61 Å². The number of hydrogen-bond acceptors (Lipinski definition) is 6. The zero-order valence-electron chi connectivity index (χ0n) is 11.4. The highest BCUT2D eigenvalue weighted by molar-refractivity contribution is 5.45. The van der Waals surface area contributed by atoms with Gasteiger partial charge in [0.2, 0.25) is 17.5 Å². The minimum Gasteiger partial charge on any atom is -0.484 e. The first-order valence-corrected chi connectivity index (χ1v) is 6.24. The van der Waals surface area contributed by atoms with Gasteiger partial charge in [-0.1, -0.05) is 0 Å². The van der Waals surface area contributed by atoms with E-state index in [0.29, 0.717) is 18.9 Å². The lowest BCUT2D eigenvalue weighted by molar-refractivity contribution is 0.210. The maximum Gasteiger partial charge on any atom is 0.236 e. The lowest BCUT2D eigenvalue weighted by Crippen LogP contribution is -2.07. The molecule has 0 saturated heterocycles. The first-order valence-electron chi connectivity index (χ1n) is 6.24. The maximum atomic E-state index is 12.8. The number of benzene rings is 1. The van der Waals surface area contributed by atoms with E-state index in [2.05, 4.69) is 10.3 Å². The molecule has 0 aliphatic carbocycles. The van der Waals surface area contributed by atoms with Crippen LogP contribution in [0.5, 0.6) is 5.75 Å². The van der Waals surface area contributed by atoms with Crippen LogP contribution in [-0.4, -0.2) is 25.2 Å². The molecule has 0 unspecified atom stereocenters. The Bertz CT molecular complexity index is 619. The summed E-state index contributed by atoms with van der Waals surface area (Å²) >= 11 is 0. The molecule has 1 aromatic heterocycles. The quantitative estimate of drug-likeness (QED) is 0.788. The Balaban J connectivity index is 1.97. The third-order valence-corrected chi connectivity index (χ3v) is 2.55. The fourth-order valence-corrected chi connectivity index (χ4v) is 1.56. The molecule has 110 valence electrons. The highest BCUT2D eigenvalue weighted by Crippen LogP contribution is 2.18. The van der Waals surface area contributed by atoms with Crippen LogP contribution in [0.4, 0.5) is 10.3 Å². The molecule has 0 aliphatic rings. The molecule has 0 radical (unpaired) electrons. The van der Waals surface area contributed by atoms with Crippen LogP contribution in [-0.2, 0) is 11.3 Å². The van der Waals surface area contributed by atoms with Gasteiger partial charge in [-0.3, -0.25) is 0 Å². The zero-order valence-corrected chi connectivity index (χ0v) is 11.4. The Hall–Kier alpha value is -2.59. The molecule has 1 aromatic carbocycles. The zero-order chi connectivity index (χ0) is 15.1. The predicted molar refractivity (Wildman–Crippen MR) is 72.3 cm³/mol. The van der Waals surface area contributed by atoms with Crippen LogP contribution in [0.15, 0.2) is 28.7 Å². The fraction of sp³-hybridized carbons (Fsp3) is 0.286. The Kier molecular flexibility index (Phi) is 5.12. The van der Waals surface area contributed by atoms with Crippen molar-refractivity contribution in [3.05, 3.63) is 41.7 Å². The first kappa shape index (κ1) is 14.8. The Morgan fingerprint density at radius 1 is 1.38 bits per heavy atom. The predicted octanol–water partition coefficient (Wildman–Crippen LogP) is 2.32. The lowest BCUT2D eigenvalue weighted by Gasteiger charge is -2.03. The van der Waals surface area contributed by atoms with Crippen LogP contribution in [0.2, 0.25) is 0 Å². The normalized spacial score (nSPS) is 10.1. The van der Waals surface area contributed by atoms with Gasteiger partial charge >= 0.3 is 0 Å². The molecule has 1 heterocycles. The van der Waals surface area contributed by atoms with E-state index in [-0.39, 0.29) is 29.9 Å². The summed E-state index contributed by atoms with van der Waals surface area (Å²) in [6, 6.07) is 7.53. The smallest absolute Gasteiger partial charge is 0.236 e. The Morgan fingerprint density at radius 3 is 2.81 bits per heavy atom. The molecular formula is C14H14FN3O3. The molecule has 21 heavy (non-hydrogen) atoms. The SMILES string of the molecule is COCCNc1oc(COc2ccc(F)cc2)nc1C#N. The molecule has 0 spiro atoms. The fourth-order valence-electron chi connectivity index (χ4n) is 1.56. The van der Waals surface area contributed by atoms with Gasteiger partial charge in [0.05, 0.1) is 6.61 Å². The Labute approximate surface area is 121 Å². The molecule has 6 nitrogen and oxygen atoms in total. The molecule has 7 heteroatoms. The van der Waals surface area contributed by atoms with Gasteiger partial charge in [-0.2, -0.15) is 10.2 Å². The first-order chi connectivity index (χ1) is 10.2. The van der Waals surface area contributed by atoms with E-state index in [1.54, 1.807) is 7.11 Å². The van der Waals surface area contributed by atoms with Crippen LogP contribution < -0.4 is 10.1 Å². The molecule has 0 bridgehead atoms. The van der Waals surface area contributed by atoms with E-state index in [0.717, 1.165) is 0 Å². The van der Waals surface area contributed by atoms with Crippen molar-refractivity contribution in [3.8, 4) is 11.8 Å². The highest BCUT2D eigenvalue weighted by atomic mass is 19.1. The summed E-state index contributed by atoms with van der Waals surface area (Å²) in [5.74, 6) is 0.694. The second-order valence-corrected chi connectivity index (χ2v) is 4.06. The molecule has 2 aromatic rings. The summed E-state index contributed by atoms with van der Waals surface area (Å²) in [6.07, 6.45) is 0. The number of aromatic nitrogens is 1. The van der Waals surface area contributed by atoms with Gasteiger partial charge in [0.1, 0.15) is 17.6 Å². The molecule has 0 aliphatic heterocycles. The number of ether oxygens (including phenoxy) is 2. The van der Waals surface area contributed by atoms with Crippen molar-refractivity contribution < 1.29 is 18.3 Å². The lowest BCUT2D eigenvalue weighted by atomic mass is 10.3. The van der Waals surface area contributed by atoms with Gasteiger partial charge in [0.25, 0.3) is 0 Å². The monoisotopic (exact) mass is 291 g/mol. The van der Waals surface area contributed by atoms with Gasteiger partial charge in [-0.05, 0) is 24.3 Å². The standard InChI is InChI=1S/C14H14FN3O3/c1-19-7-6-17-14-12(8-16)18-13(21-14)9-20-11-4-2-10(15)3-5-11/h2-5,17H,6-7,9H2,1H3. The molecular weight excluding hydrogens is 277 g/mol. The van der Waals surface area contributed by atoms with Gasteiger partial charge in [0, 0.05) is 13.7 Å². The number of rotatable bonds is 7. The summed E-state index contributed by atoms with van der Waals surface area (Å²) in [5.41, 5.74) is 0.156. The van der Waals surface area contributed by atoms with Gasteiger partial charge < -0.3 is 19.2 Å². The molecule has 0 fully saturated rings. The molecule has 1 N–H and O–H groups in total. The summed E-state index contributed by atoms with van der Waals surface area (Å²) < 4.78 is 28.5. The number of oxazole rings is 1. The van der Waals surface area contributed by atoms with Crippen molar-refractivity contribution in [2.75, 3.05) is 25.6 Å². The molecule has 0 atom stereocenters. The van der Waals surface area contributed by atoms with E-state index in [1.165, 1.54) is 24.3 Å². The van der Waals surface area contributed by atoms with Crippen molar-refractivity contribution in [1.29, 1.82) is 5.26 Å². The van der Waals surface area contributed by atoms with Crippen LogP contribution in [0, 0.1) is 17.1 Å². The average Bonchev–Trinajstić information content (AvgIpc) is 2.89. The average molecular weight is 291 g/mol. The summed E-state index contributed by atoms with van der Waals surface area (Å²) in [4.78, 5) is 4.01. The van der Waals surface area contributed by atoms with E-state index in [1.807, 2.05) is 6.07 Å². The second-order valence-electron chi connectivity index (χ2n) is 4.06. The van der Waals surface area contributed by atoms with E-state index >= 15 is 0 Å². The number of halogens is 1. The van der Waals surface area contributed by atoms with E-state index < -0.39 is 0 Å². The van der Waals surface area contributed by atoms with Crippen LogP contribution in [0.3, 0.4) is 0 Å². The molecule has 2 rings (SSSR count). The summed E-state index contributed by atoms with van der Waals surface area (Å²) in [7, 11) is 1.58. The highest BCUT2D eigenvalue weighted by Gasteiger charge is 2.13. The topological polar surface area (TPSA) is 80.3 Å². The number of hydrogen-bond donors (Lipinski definition) is 1. The number of nitrogens with one attached hydrogen (secondary N) is 1. The number of anilines is 1. The van der Waals surface area contributed by atoms with Gasteiger partial charge in [-0.25, -0.2) is 4.39 Å². The van der Waals surface area contributed by atoms with Crippen molar-refractivity contribution in [3.63, 3.8) is 0 Å². The third kappa shape index (κ3) is 4.19. The Morgan fingerprint density at radius 2 is 2.14 bits per heavy atom. The minimum absolute atomic E-state index is 0.0479. The largest absolute Gasteiger partial charge is 0.484 e. The number of nitriles is 1. The van der Waals surface area contributed by atoms with E-state index in [9.17, 15) is 4.39 Å². The maximum absolute atomic E-state index is 12.8. The number of nitrogens with zero attached hydrogens (tertiary/aromatic N) is 2. The molecule has 0 saturated carbocycles. The summed E-state index contributed by atoms with van der Waals surface area (Å²) in [6.45, 7) is 1.03. The van der Waals surface area contributed by atoms with Gasteiger partial charge in [-0.15, -0.1) is 0 Å². The van der Waals surface area contributed by atoms with Gasteiger partial charge in [0.15, 0.2) is 6.61 Å². The summed E-state index contributed by atoms with van der Waals surface area (Å²) in [5, 5.41) is 11.9. The van der Waals surface area contributed by atoms with Crippen molar-refractivity contribution in [2.24, 2.45) is 0 Å². The minimum atomic E-state index is -0.338. The molecule has 0 amide bonds. The van der Waals surface area contributed by atoms with Crippen LogP contribution in [0.1, 0.15) is 11.6 Å². The second kappa shape index (κ2) is 7.26.